The van der Waals surface area contributed by atoms with Gasteiger partial charge < -0.3 is 4.90 Å². The van der Waals surface area contributed by atoms with Gasteiger partial charge in [0.25, 0.3) is 6.20 Å². The Morgan fingerprint density at radius 1 is 1.65 bits per heavy atom. The van der Waals surface area contributed by atoms with Gasteiger partial charge in [-0.15, -0.1) is 11.8 Å². The lowest BCUT2D eigenvalue weighted by Gasteiger charge is -2.16. The Balaban J connectivity index is 2.07. The molecule has 1 saturated heterocycles. The first-order chi connectivity index (χ1) is 8.15. The van der Waals surface area contributed by atoms with Crippen LogP contribution >= 0.6 is 27.7 Å². The smallest absolute Gasteiger partial charge is 0.264 e. The molecule has 0 radical (unpaired) electrons. The zero-order valence-electron chi connectivity index (χ0n) is 8.88. The molecule has 1 aromatic heterocycles. The summed E-state index contributed by atoms with van der Waals surface area (Å²) in [6.07, 6.45) is 2.85. The van der Waals surface area contributed by atoms with E-state index < -0.39 is 4.92 Å². The number of thioether (sulfide) groups is 1. The summed E-state index contributed by atoms with van der Waals surface area (Å²) >= 11 is 4.79. The van der Waals surface area contributed by atoms with Crippen LogP contribution in [0.15, 0.2) is 34.2 Å². The molecule has 7 heteroatoms. The summed E-state index contributed by atoms with van der Waals surface area (Å²) in [6.45, 7) is 1.49. The summed E-state index contributed by atoms with van der Waals surface area (Å²) in [6, 6.07) is 3.83. The summed E-state index contributed by atoms with van der Waals surface area (Å²) < 4.78 is 0.790. The highest BCUT2D eigenvalue weighted by Crippen LogP contribution is 2.29. The van der Waals surface area contributed by atoms with Crippen molar-refractivity contribution >= 4 is 27.7 Å². The predicted molar refractivity (Wildman–Crippen MR) is 69.9 cm³/mol. The zero-order chi connectivity index (χ0) is 12.3. The van der Waals surface area contributed by atoms with Gasteiger partial charge >= 0.3 is 0 Å². The molecule has 2 heterocycles. The van der Waals surface area contributed by atoms with E-state index >= 15 is 0 Å². The third kappa shape index (κ3) is 3.44. The van der Waals surface area contributed by atoms with Crippen LogP contribution in [0.4, 0.5) is 0 Å². The average Bonchev–Trinajstić information content (AvgIpc) is 2.68. The predicted octanol–water partition coefficient (Wildman–Crippen LogP) is 2.47. The van der Waals surface area contributed by atoms with Crippen LogP contribution < -0.4 is 0 Å². The molecular weight excluding hydrogens is 306 g/mol. The van der Waals surface area contributed by atoms with Gasteiger partial charge in [-0.25, -0.2) is 4.98 Å². The molecule has 1 aliphatic heterocycles. The monoisotopic (exact) mass is 315 g/mol. The van der Waals surface area contributed by atoms with E-state index in [9.17, 15) is 10.1 Å². The van der Waals surface area contributed by atoms with E-state index in [0.717, 1.165) is 33.7 Å². The number of halogens is 1. The number of nitro groups is 1. The van der Waals surface area contributed by atoms with Gasteiger partial charge in [0.1, 0.15) is 9.63 Å². The lowest BCUT2D eigenvalue weighted by Crippen LogP contribution is -2.18. The summed E-state index contributed by atoms with van der Waals surface area (Å²) in [4.78, 5) is 16.2. The second-order valence-corrected chi connectivity index (χ2v) is 5.44. The minimum atomic E-state index is -0.402. The summed E-state index contributed by atoms with van der Waals surface area (Å²) in [5.74, 6) is 0.892. The molecule has 1 aromatic rings. The van der Waals surface area contributed by atoms with Crippen LogP contribution in [0.2, 0.25) is 0 Å². The molecule has 0 saturated carbocycles. The fourth-order valence-electron chi connectivity index (χ4n) is 1.55. The highest BCUT2D eigenvalue weighted by Gasteiger charge is 2.20. The molecule has 1 fully saturated rings. The molecule has 0 aliphatic carbocycles. The second kappa shape index (κ2) is 5.50. The van der Waals surface area contributed by atoms with Crippen LogP contribution in [-0.2, 0) is 6.54 Å². The van der Waals surface area contributed by atoms with Crippen molar-refractivity contribution in [2.45, 2.75) is 6.54 Å². The molecule has 0 aromatic carbocycles. The van der Waals surface area contributed by atoms with Crippen molar-refractivity contribution < 1.29 is 4.92 Å². The van der Waals surface area contributed by atoms with Crippen LogP contribution in [0.3, 0.4) is 0 Å². The maximum absolute atomic E-state index is 10.5. The summed E-state index contributed by atoms with van der Waals surface area (Å²) in [5, 5.41) is 11.2. The minimum Gasteiger partial charge on any atom is -0.356 e. The van der Waals surface area contributed by atoms with E-state index in [-0.39, 0.29) is 0 Å². The van der Waals surface area contributed by atoms with Gasteiger partial charge in [0, 0.05) is 25.0 Å². The minimum absolute atomic E-state index is 0.402. The molecule has 0 atom stereocenters. The molecule has 2 rings (SSSR count). The maximum Gasteiger partial charge on any atom is 0.264 e. The van der Waals surface area contributed by atoms with E-state index in [1.807, 2.05) is 17.0 Å². The van der Waals surface area contributed by atoms with E-state index in [1.54, 1.807) is 6.20 Å². The van der Waals surface area contributed by atoms with Gasteiger partial charge in [-0.05, 0) is 27.6 Å². The summed E-state index contributed by atoms with van der Waals surface area (Å²) in [7, 11) is 0. The quantitative estimate of drug-likeness (QED) is 0.487. The maximum atomic E-state index is 10.5. The molecular formula is C10H10BrN3O2S. The molecule has 0 N–H and O–H groups in total. The molecule has 17 heavy (non-hydrogen) atoms. The van der Waals surface area contributed by atoms with Crippen LogP contribution in [0.25, 0.3) is 0 Å². The SMILES string of the molecule is O=[N+]([O-])/C=C1/SCCN1Cc1ccc(Br)nc1. The van der Waals surface area contributed by atoms with Gasteiger partial charge in [0.2, 0.25) is 0 Å². The fraction of sp³-hybridized carbons (Fsp3) is 0.300. The van der Waals surface area contributed by atoms with Crippen LogP contribution in [0.1, 0.15) is 5.56 Å². The Labute approximate surface area is 111 Å². The first-order valence-corrected chi connectivity index (χ1v) is 6.76. The van der Waals surface area contributed by atoms with Gasteiger partial charge in [-0.1, -0.05) is 6.07 Å². The number of pyridine rings is 1. The van der Waals surface area contributed by atoms with Crippen molar-refractivity contribution in [2.24, 2.45) is 0 Å². The number of nitrogens with zero attached hydrogens (tertiary/aromatic N) is 3. The molecule has 5 nitrogen and oxygen atoms in total. The molecule has 1 aliphatic rings. The van der Waals surface area contributed by atoms with Gasteiger partial charge in [-0.3, -0.25) is 10.1 Å². The van der Waals surface area contributed by atoms with Gasteiger partial charge in [0.15, 0.2) is 0 Å². The Kier molecular flexibility index (Phi) is 4.01. The van der Waals surface area contributed by atoms with Gasteiger partial charge in [-0.2, -0.15) is 0 Å². The van der Waals surface area contributed by atoms with Crippen molar-refractivity contribution in [3.63, 3.8) is 0 Å². The molecule has 0 amide bonds. The number of hydrogen-bond acceptors (Lipinski definition) is 5. The normalized spacial score (nSPS) is 17.7. The molecule has 0 bridgehead atoms. The van der Waals surface area contributed by atoms with E-state index in [1.165, 1.54) is 11.8 Å². The zero-order valence-corrected chi connectivity index (χ0v) is 11.3. The third-order valence-electron chi connectivity index (χ3n) is 2.30. The van der Waals surface area contributed by atoms with Crippen molar-refractivity contribution in [1.82, 2.24) is 9.88 Å². The lowest BCUT2D eigenvalue weighted by molar-refractivity contribution is -0.403. The molecule has 0 spiro atoms. The first-order valence-electron chi connectivity index (χ1n) is 4.98. The lowest BCUT2D eigenvalue weighted by atomic mass is 10.3. The Morgan fingerprint density at radius 3 is 3.12 bits per heavy atom. The van der Waals surface area contributed by atoms with Crippen LogP contribution in [-0.4, -0.2) is 27.1 Å². The first kappa shape index (κ1) is 12.4. The highest BCUT2D eigenvalue weighted by atomic mass is 79.9. The standard InChI is InChI=1S/C10H10BrN3O2S/c11-9-2-1-8(5-12-9)6-13-3-4-17-10(13)7-14(15)16/h1-2,5,7H,3-4,6H2/b10-7+. The number of aromatic nitrogens is 1. The van der Waals surface area contributed by atoms with E-state index in [4.69, 9.17) is 0 Å². The Hall–Kier alpha value is -1.08. The van der Waals surface area contributed by atoms with Crippen molar-refractivity contribution in [2.75, 3.05) is 12.3 Å². The largest absolute Gasteiger partial charge is 0.356 e. The third-order valence-corrected chi connectivity index (χ3v) is 3.82. The van der Waals surface area contributed by atoms with E-state index in [0.29, 0.717) is 6.54 Å². The van der Waals surface area contributed by atoms with Crippen molar-refractivity contribution in [3.8, 4) is 0 Å². The summed E-state index contributed by atoms with van der Waals surface area (Å²) in [5.41, 5.74) is 1.05. The number of hydrogen-bond donors (Lipinski definition) is 0. The Bertz CT molecular complexity index is 449. The molecule has 90 valence electrons. The fourth-order valence-corrected chi connectivity index (χ4v) is 2.80. The van der Waals surface area contributed by atoms with Crippen molar-refractivity contribution in [3.05, 3.63) is 49.8 Å². The molecule has 0 unspecified atom stereocenters. The average molecular weight is 316 g/mol. The van der Waals surface area contributed by atoms with Crippen LogP contribution in [0.5, 0.6) is 0 Å². The highest BCUT2D eigenvalue weighted by molar-refractivity contribution is 9.10. The number of rotatable bonds is 3. The topological polar surface area (TPSA) is 59.3 Å². The van der Waals surface area contributed by atoms with Gasteiger partial charge in [0.05, 0.1) is 4.92 Å². The van der Waals surface area contributed by atoms with E-state index in [2.05, 4.69) is 20.9 Å². The van der Waals surface area contributed by atoms with Crippen LogP contribution in [0, 0.1) is 10.1 Å². The Morgan fingerprint density at radius 2 is 2.47 bits per heavy atom. The second-order valence-electron chi connectivity index (χ2n) is 3.51. The van der Waals surface area contributed by atoms with Crippen molar-refractivity contribution in [1.29, 1.82) is 0 Å².